The topological polar surface area (TPSA) is 108 Å². The molecular formula is C13H19NO8. The molecule has 22 heavy (non-hydrogen) atoms. The number of carbonyl (C=O) groups is 4. The second-order valence-electron chi connectivity index (χ2n) is 4.42. The van der Waals surface area contributed by atoms with Gasteiger partial charge in [0.15, 0.2) is 0 Å². The lowest BCUT2D eigenvalue weighted by atomic mass is 10.4. The quantitative estimate of drug-likeness (QED) is 0.278. The summed E-state index contributed by atoms with van der Waals surface area (Å²) < 4.78 is 15.2. The zero-order valence-electron chi connectivity index (χ0n) is 12.3. The Hall–Kier alpha value is -1.84. The van der Waals surface area contributed by atoms with E-state index < -0.39 is 23.9 Å². The third kappa shape index (κ3) is 6.74. The normalized spacial score (nSPS) is 16.0. The summed E-state index contributed by atoms with van der Waals surface area (Å²) in [6.07, 6.45) is 0.313. The van der Waals surface area contributed by atoms with E-state index in [2.05, 4.69) is 4.84 Å². The van der Waals surface area contributed by atoms with Crippen LogP contribution in [0.15, 0.2) is 0 Å². The van der Waals surface area contributed by atoms with E-state index in [4.69, 9.17) is 14.2 Å². The molecule has 9 nitrogen and oxygen atoms in total. The van der Waals surface area contributed by atoms with Crippen molar-refractivity contribution in [3.05, 3.63) is 0 Å². The van der Waals surface area contributed by atoms with Crippen LogP contribution >= 0.6 is 0 Å². The van der Waals surface area contributed by atoms with E-state index >= 15 is 0 Å². The molecule has 0 aromatic heterocycles. The molecule has 0 aliphatic carbocycles. The Morgan fingerprint density at radius 2 is 1.73 bits per heavy atom. The highest BCUT2D eigenvalue weighted by Gasteiger charge is 2.32. The highest BCUT2D eigenvalue weighted by Crippen LogP contribution is 2.11. The minimum absolute atomic E-state index is 0.0472. The minimum atomic E-state index is -0.827. The first-order chi connectivity index (χ1) is 10.5. The summed E-state index contributed by atoms with van der Waals surface area (Å²) in [6.45, 7) is 2.18. The molecule has 0 aromatic carbocycles. The van der Waals surface area contributed by atoms with Crippen molar-refractivity contribution >= 4 is 24.1 Å². The number of aldehydes is 1. The molecule has 0 bridgehead atoms. The molecule has 124 valence electrons. The minimum Gasteiger partial charge on any atom is -0.377 e. The number of rotatable bonds is 11. The third-order valence-corrected chi connectivity index (χ3v) is 2.59. The van der Waals surface area contributed by atoms with E-state index in [9.17, 15) is 19.2 Å². The fourth-order valence-electron chi connectivity index (χ4n) is 1.49. The maximum absolute atomic E-state index is 11.3. The maximum atomic E-state index is 11.3. The van der Waals surface area contributed by atoms with Crippen LogP contribution in [0.5, 0.6) is 0 Å². The van der Waals surface area contributed by atoms with Crippen molar-refractivity contribution in [2.24, 2.45) is 0 Å². The van der Waals surface area contributed by atoms with Gasteiger partial charge in [-0.25, -0.2) is 4.79 Å². The molecule has 1 rings (SSSR count). The molecule has 2 amide bonds. The van der Waals surface area contributed by atoms with Gasteiger partial charge in [0, 0.05) is 12.8 Å². The van der Waals surface area contributed by atoms with Gasteiger partial charge in [-0.2, -0.15) is 0 Å². The van der Waals surface area contributed by atoms with E-state index in [-0.39, 0.29) is 39.3 Å². The van der Waals surface area contributed by atoms with Crippen LogP contribution in [0.25, 0.3) is 0 Å². The van der Waals surface area contributed by atoms with E-state index in [1.807, 2.05) is 0 Å². The molecular weight excluding hydrogens is 298 g/mol. The van der Waals surface area contributed by atoms with Crippen LogP contribution in [0.1, 0.15) is 19.8 Å². The van der Waals surface area contributed by atoms with Gasteiger partial charge in [-0.15, -0.1) is 5.06 Å². The molecule has 0 radical (unpaired) electrons. The van der Waals surface area contributed by atoms with Crippen molar-refractivity contribution in [1.82, 2.24) is 5.06 Å². The molecule has 0 unspecified atom stereocenters. The standard InChI is InChI=1S/C13H19NO8/c1-10(8-15)21-7-6-19-4-5-20-9-13(18)22-14-11(16)2-3-12(14)17/h8,10H,2-7,9H2,1H3/t10-/m0/s1. The molecule has 0 spiro atoms. The van der Waals surface area contributed by atoms with Crippen molar-refractivity contribution in [3.63, 3.8) is 0 Å². The lowest BCUT2D eigenvalue weighted by Gasteiger charge is -2.12. The summed E-state index contributed by atoms with van der Waals surface area (Å²) in [7, 11) is 0. The van der Waals surface area contributed by atoms with Crippen LogP contribution in [-0.4, -0.2) is 68.3 Å². The molecule has 1 heterocycles. The molecule has 1 fully saturated rings. The van der Waals surface area contributed by atoms with Crippen LogP contribution < -0.4 is 0 Å². The lowest BCUT2D eigenvalue weighted by Crippen LogP contribution is -2.33. The summed E-state index contributed by atoms with van der Waals surface area (Å²) in [5.41, 5.74) is 0. The van der Waals surface area contributed by atoms with Gasteiger partial charge in [0.2, 0.25) is 0 Å². The lowest BCUT2D eigenvalue weighted by molar-refractivity contribution is -0.200. The Labute approximate surface area is 127 Å². The molecule has 0 aromatic rings. The summed E-state index contributed by atoms with van der Waals surface area (Å²) in [4.78, 5) is 48.6. The van der Waals surface area contributed by atoms with Crippen LogP contribution in [-0.2, 0) is 38.2 Å². The van der Waals surface area contributed by atoms with E-state index in [0.717, 1.165) is 0 Å². The van der Waals surface area contributed by atoms with Gasteiger partial charge >= 0.3 is 5.97 Å². The number of amides is 2. The monoisotopic (exact) mass is 317 g/mol. The summed E-state index contributed by atoms with van der Waals surface area (Å²) in [5, 5.41) is 0.466. The van der Waals surface area contributed by atoms with Gasteiger partial charge in [-0.05, 0) is 6.92 Å². The van der Waals surface area contributed by atoms with E-state index in [1.165, 1.54) is 0 Å². The maximum Gasteiger partial charge on any atom is 0.358 e. The molecule has 0 saturated carbocycles. The Balaban J connectivity index is 1.98. The van der Waals surface area contributed by atoms with Crippen molar-refractivity contribution in [2.45, 2.75) is 25.9 Å². The fourth-order valence-corrected chi connectivity index (χ4v) is 1.49. The number of hydrogen-bond donors (Lipinski definition) is 0. The van der Waals surface area contributed by atoms with Crippen molar-refractivity contribution in [3.8, 4) is 0 Å². The second-order valence-corrected chi connectivity index (χ2v) is 4.42. The predicted octanol–water partition coefficient (Wildman–Crippen LogP) is -0.769. The van der Waals surface area contributed by atoms with Gasteiger partial charge in [0.25, 0.3) is 11.8 Å². The van der Waals surface area contributed by atoms with Crippen molar-refractivity contribution in [2.75, 3.05) is 33.0 Å². The number of imide groups is 1. The summed E-state index contributed by atoms with van der Waals surface area (Å²) in [6, 6.07) is 0. The first-order valence-electron chi connectivity index (χ1n) is 6.83. The molecule has 1 aliphatic heterocycles. The Bertz CT molecular complexity index is 395. The first-order valence-corrected chi connectivity index (χ1v) is 6.83. The van der Waals surface area contributed by atoms with Crippen LogP contribution in [0.3, 0.4) is 0 Å². The van der Waals surface area contributed by atoms with Crippen molar-refractivity contribution < 1.29 is 38.2 Å². The summed E-state index contributed by atoms with van der Waals surface area (Å²) >= 11 is 0. The zero-order valence-corrected chi connectivity index (χ0v) is 12.3. The van der Waals surface area contributed by atoms with E-state index in [0.29, 0.717) is 18.0 Å². The molecule has 1 saturated heterocycles. The number of nitrogens with zero attached hydrogens (tertiary/aromatic N) is 1. The predicted molar refractivity (Wildman–Crippen MR) is 70.3 cm³/mol. The van der Waals surface area contributed by atoms with Crippen molar-refractivity contribution in [1.29, 1.82) is 0 Å². The largest absolute Gasteiger partial charge is 0.377 e. The average Bonchev–Trinajstić information content (AvgIpc) is 2.81. The Kier molecular flexibility index (Phi) is 8.26. The number of carbonyl (C=O) groups excluding carboxylic acids is 4. The molecule has 1 atom stereocenters. The highest BCUT2D eigenvalue weighted by atomic mass is 16.7. The molecule has 9 heteroatoms. The molecule has 0 N–H and O–H groups in total. The third-order valence-electron chi connectivity index (χ3n) is 2.59. The number of hydrogen-bond acceptors (Lipinski definition) is 8. The second kappa shape index (κ2) is 9.98. The number of hydroxylamine groups is 2. The SMILES string of the molecule is C[C@@H](C=O)OCCOCCOCC(=O)ON1C(=O)CCC1=O. The fraction of sp³-hybridized carbons (Fsp3) is 0.692. The van der Waals surface area contributed by atoms with Gasteiger partial charge in [-0.3, -0.25) is 9.59 Å². The van der Waals surface area contributed by atoms with Crippen LogP contribution in [0.4, 0.5) is 0 Å². The summed E-state index contributed by atoms with van der Waals surface area (Å²) in [5.74, 6) is -1.90. The number of ether oxygens (including phenoxy) is 3. The van der Waals surface area contributed by atoms with Gasteiger partial charge in [0.05, 0.1) is 26.4 Å². The van der Waals surface area contributed by atoms with Gasteiger partial charge < -0.3 is 23.8 Å². The first kappa shape index (κ1) is 18.2. The Morgan fingerprint density at radius 3 is 2.36 bits per heavy atom. The van der Waals surface area contributed by atoms with Gasteiger partial charge in [-0.1, -0.05) is 0 Å². The smallest absolute Gasteiger partial charge is 0.358 e. The van der Waals surface area contributed by atoms with Crippen LogP contribution in [0, 0.1) is 0 Å². The zero-order chi connectivity index (χ0) is 16.4. The van der Waals surface area contributed by atoms with Gasteiger partial charge in [0.1, 0.15) is 19.0 Å². The highest BCUT2D eigenvalue weighted by molar-refractivity contribution is 6.01. The van der Waals surface area contributed by atoms with Crippen LogP contribution in [0.2, 0.25) is 0 Å². The molecule has 1 aliphatic rings. The Morgan fingerprint density at radius 1 is 1.14 bits per heavy atom. The average molecular weight is 317 g/mol. The van der Waals surface area contributed by atoms with E-state index in [1.54, 1.807) is 6.92 Å².